The van der Waals surface area contributed by atoms with Gasteiger partial charge in [-0.2, -0.15) is 0 Å². The van der Waals surface area contributed by atoms with E-state index in [2.05, 4.69) is 36.1 Å². The van der Waals surface area contributed by atoms with Crippen molar-refractivity contribution in [2.75, 3.05) is 36.8 Å². The summed E-state index contributed by atoms with van der Waals surface area (Å²) in [4.78, 5) is 17.4. The molecule has 6 heteroatoms. The third-order valence-corrected chi connectivity index (χ3v) is 5.52. The van der Waals surface area contributed by atoms with Crippen LogP contribution in [-0.4, -0.2) is 42.7 Å². The Balaban J connectivity index is 1.50. The van der Waals surface area contributed by atoms with E-state index < -0.39 is 5.82 Å². The van der Waals surface area contributed by atoms with Crippen LogP contribution in [0.1, 0.15) is 5.56 Å². The lowest BCUT2D eigenvalue weighted by Gasteiger charge is -2.36. The molecule has 25 heavy (non-hydrogen) atoms. The maximum atomic E-state index is 13.2. The van der Waals surface area contributed by atoms with Crippen LogP contribution < -0.4 is 4.90 Å². The average molecular weight is 379 g/mol. The summed E-state index contributed by atoms with van der Waals surface area (Å²) >= 11 is 7.16. The molecule has 0 radical (unpaired) electrons. The number of hydrogen-bond donors (Lipinski definition) is 0. The fourth-order valence-electron chi connectivity index (χ4n) is 2.84. The van der Waals surface area contributed by atoms with Gasteiger partial charge in [-0.3, -0.25) is 4.79 Å². The largest absolute Gasteiger partial charge is 0.368 e. The molecule has 1 amide bonds. The quantitative estimate of drug-likeness (QED) is 0.744. The molecule has 3 rings (SSSR count). The van der Waals surface area contributed by atoms with E-state index in [-0.39, 0.29) is 10.9 Å². The molecule has 0 saturated carbocycles. The van der Waals surface area contributed by atoms with Gasteiger partial charge < -0.3 is 9.80 Å². The number of rotatable bonds is 4. The highest BCUT2D eigenvalue weighted by Gasteiger charge is 2.21. The lowest BCUT2D eigenvalue weighted by Crippen LogP contribution is -2.49. The summed E-state index contributed by atoms with van der Waals surface area (Å²) in [6.07, 6.45) is 0. The fraction of sp³-hybridized carbons (Fsp3) is 0.316. The molecule has 0 aromatic heterocycles. The smallest absolute Gasteiger partial charge is 0.233 e. The van der Waals surface area contributed by atoms with Gasteiger partial charge >= 0.3 is 0 Å². The molecule has 0 bridgehead atoms. The highest BCUT2D eigenvalue weighted by Crippen LogP contribution is 2.25. The van der Waals surface area contributed by atoms with Gasteiger partial charge in [0, 0.05) is 36.8 Å². The maximum Gasteiger partial charge on any atom is 0.233 e. The zero-order valence-corrected chi connectivity index (χ0v) is 15.6. The third kappa shape index (κ3) is 4.67. The van der Waals surface area contributed by atoms with Gasteiger partial charge in [0.05, 0.1) is 10.8 Å². The Hall–Kier alpha value is -1.72. The van der Waals surface area contributed by atoms with Crippen LogP contribution >= 0.6 is 23.4 Å². The van der Waals surface area contributed by atoms with Crippen molar-refractivity contribution >= 4 is 35.0 Å². The van der Waals surface area contributed by atoms with Crippen molar-refractivity contribution in [1.29, 1.82) is 0 Å². The first-order valence-corrected chi connectivity index (χ1v) is 9.56. The normalized spacial score (nSPS) is 14.7. The van der Waals surface area contributed by atoms with E-state index >= 15 is 0 Å². The Labute approximate surface area is 156 Å². The van der Waals surface area contributed by atoms with Crippen LogP contribution in [0.25, 0.3) is 0 Å². The molecule has 1 saturated heterocycles. The minimum absolute atomic E-state index is 0.0872. The molecule has 0 atom stereocenters. The minimum Gasteiger partial charge on any atom is -0.368 e. The number of carbonyl (C=O) groups excluding carboxylic acids is 1. The number of benzene rings is 2. The van der Waals surface area contributed by atoms with E-state index in [1.807, 2.05) is 4.90 Å². The van der Waals surface area contributed by atoms with Crippen LogP contribution in [-0.2, 0) is 4.79 Å². The van der Waals surface area contributed by atoms with Gasteiger partial charge in [0.2, 0.25) is 5.91 Å². The first-order valence-electron chi connectivity index (χ1n) is 8.20. The lowest BCUT2D eigenvalue weighted by molar-refractivity contribution is -0.128. The molecule has 132 valence electrons. The predicted octanol–water partition coefficient (Wildman–Crippen LogP) is 4.23. The highest BCUT2D eigenvalue weighted by molar-refractivity contribution is 8.00. The summed E-state index contributed by atoms with van der Waals surface area (Å²) in [5.74, 6) is 0.00539. The van der Waals surface area contributed by atoms with Gasteiger partial charge in [-0.25, -0.2) is 4.39 Å². The summed E-state index contributed by atoms with van der Waals surface area (Å²) in [5.41, 5.74) is 2.45. The van der Waals surface area contributed by atoms with Crippen molar-refractivity contribution in [3.63, 3.8) is 0 Å². The number of piperazine rings is 1. The molecule has 1 aliphatic rings. The summed E-state index contributed by atoms with van der Waals surface area (Å²) in [6.45, 7) is 5.20. The molecular weight excluding hydrogens is 359 g/mol. The zero-order valence-electron chi connectivity index (χ0n) is 14.0. The second-order valence-electron chi connectivity index (χ2n) is 6.07. The van der Waals surface area contributed by atoms with Crippen molar-refractivity contribution in [1.82, 2.24) is 4.90 Å². The molecule has 1 heterocycles. The SMILES string of the molecule is Cc1cccc(N2CCN(C(=O)CSc3ccc(F)c(Cl)c3)CC2)c1. The monoisotopic (exact) mass is 378 g/mol. The second-order valence-corrected chi connectivity index (χ2v) is 7.53. The molecule has 1 fully saturated rings. The fourth-order valence-corrected chi connectivity index (χ4v) is 3.93. The van der Waals surface area contributed by atoms with E-state index in [9.17, 15) is 9.18 Å². The molecule has 0 aliphatic carbocycles. The van der Waals surface area contributed by atoms with Crippen LogP contribution in [0.2, 0.25) is 5.02 Å². The van der Waals surface area contributed by atoms with Gasteiger partial charge in [-0.05, 0) is 42.8 Å². The number of hydrogen-bond acceptors (Lipinski definition) is 3. The predicted molar refractivity (Wildman–Crippen MR) is 102 cm³/mol. The van der Waals surface area contributed by atoms with E-state index in [0.717, 1.165) is 31.1 Å². The second kappa shape index (κ2) is 8.11. The minimum atomic E-state index is -0.440. The molecule has 3 nitrogen and oxygen atoms in total. The zero-order chi connectivity index (χ0) is 17.8. The van der Waals surface area contributed by atoms with Gasteiger partial charge in [0.1, 0.15) is 5.82 Å². The summed E-state index contributed by atoms with van der Waals surface area (Å²) in [6, 6.07) is 13.0. The van der Waals surface area contributed by atoms with Crippen molar-refractivity contribution in [2.45, 2.75) is 11.8 Å². The molecule has 2 aromatic rings. The van der Waals surface area contributed by atoms with Gasteiger partial charge in [-0.1, -0.05) is 23.7 Å². The number of carbonyl (C=O) groups is 1. The van der Waals surface area contributed by atoms with E-state index in [4.69, 9.17) is 11.6 Å². The molecule has 0 N–H and O–H groups in total. The van der Waals surface area contributed by atoms with Gasteiger partial charge in [0.25, 0.3) is 0 Å². The summed E-state index contributed by atoms with van der Waals surface area (Å²) < 4.78 is 13.2. The Kier molecular flexibility index (Phi) is 5.86. The van der Waals surface area contributed by atoms with Crippen molar-refractivity contribution < 1.29 is 9.18 Å². The van der Waals surface area contributed by atoms with Gasteiger partial charge in [0.15, 0.2) is 0 Å². The number of aryl methyl sites for hydroxylation is 1. The number of halogens is 2. The first kappa shape index (κ1) is 18.1. The topological polar surface area (TPSA) is 23.6 Å². The van der Waals surface area contributed by atoms with Crippen molar-refractivity contribution in [3.05, 3.63) is 58.9 Å². The molecular formula is C19H20ClFN2OS. The molecule has 2 aromatic carbocycles. The van der Waals surface area contributed by atoms with Crippen LogP contribution in [0.5, 0.6) is 0 Å². The first-order chi connectivity index (χ1) is 12.0. The number of thioether (sulfide) groups is 1. The maximum absolute atomic E-state index is 13.2. The third-order valence-electron chi connectivity index (χ3n) is 4.25. The summed E-state index contributed by atoms with van der Waals surface area (Å²) in [7, 11) is 0. The van der Waals surface area contributed by atoms with E-state index in [0.29, 0.717) is 5.75 Å². The molecule has 1 aliphatic heterocycles. The number of nitrogens with zero attached hydrogens (tertiary/aromatic N) is 2. The molecule has 0 unspecified atom stereocenters. The van der Waals surface area contributed by atoms with Crippen molar-refractivity contribution in [2.24, 2.45) is 0 Å². The Bertz CT molecular complexity index is 763. The van der Waals surface area contributed by atoms with E-state index in [1.54, 1.807) is 12.1 Å². The highest BCUT2D eigenvalue weighted by atomic mass is 35.5. The summed E-state index contributed by atoms with van der Waals surface area (Å²) in [5, 5.41) is 0.0872. The Morgan fingerprint density at radius 1 is 1.16 bits per heavy atom. The standard InChI is InChI=1S/C19H20ClFN2OS/c1-14-3-2-4-15(11-14)22-7-9-23(10-8-22)19(24)13-25-16-5-6-18(21)17(20)12-16/h2-6,11-12H,7-10,13H2,1H3. The lowest BCUT2D eigenvalue weighted by atomic mass is 10.2. The van der Waals surface area contributed by atoms with Gasteiger partial charge in [-0.15, -0.1) is 11.8 Å². The Morgan fingerprint density at radius 2 is 1.92 bits per heavy atom. The molecule has 0 spiro atoms. The van der Waals surface area contributed by atoms with Crippen LogP contribution in [0.3, 0.4) is 0 Å². The van der Waals surface area contributed by atoms with Crippen LogP contribution in [0, 0.1) is 12.7 Å². The Morgan fingerprint density at radius 3 is 2.60 bits per heavy atom. The average Bonchev–Trinajstić information content (AvgIpc) is 2.62. The van der Waals surface area contributed by atoms with Crippen LogP contribution in [0.15, 0.2) is 47.4 Å². The van der Waals surface area contributed by atoms with E-state index in [1.165, 1.54) is 29.1 Å². The number of anilines is 1. The van der Waals surface area contributed by atoms with Crippen molar-refractivity contribution in [3.8, 4) is 0 Å². The number of amides is 1. The van der Waals surface area contributed by atoms with Crippen LogP contribution in [0.4, 0.5) is 10.1 Å².